The monoisotopic (exact) mass is 233 g/mol. The predicted octanol–water partition coefficient (Wildman–Crippen LogP) is 3.04. The van der Waals surface area contributed by atoms with Gasteiger partial charge in [-0.1, -0.05) is 30.3 Å². The van der Waals surface area contributed by atoms with Crippen LogP contribution in [0.3, 0.4) is 0 Å². The number of aliphatic hydroxyl groups excluding tert-OH is 1. The highest BCUT2D eigenvalue weighted by Crippen LogP contribution is 2.27. The molecule has 2 rings (SSSR count). The van der Waals surface area contributed by atoms with E-state index in [0.717, 1.165) is 23.5 Å². The van der Waals surface area contributed by atoms with Crippen molar-refractivity contribution >= 4 is 11.3 Å². The van der Waals surface area contributed by atoms with E-state index in [1.54, 1.807) is 11.3 Å². The number of aryl methyl sites for hydroxylation is 2. The fourth-order valence-electron chi connectivity index (χ4n) is 1.61. The molecule has 1 aromatic carbocycles. The van der Waals surface area contributed by atoms with E-state index in [1.807, 2.05) is 18.2 Å². The largest absolute Gasteiger partial charge is 0.396 e. The van der Waals surface area contributed by atoms with Crippen LogP contribution in [-0.4, -0.2) is 16.7 Å². The minimum Gasteiger partial charge on any atom is -0.396 e. The Morgan fingerprint density at radius 3 is 2.69 bits per heavy atom. The van der Waals surface area contributed by atoms with Crippen LogP contribution in [0.4, 0.5) is 0 Å². The summed E-state index contributed by atoms with van der Waals surface area (Å²) in [5.74, 6) is 0. The third kappa shape index (κ3) is 2.49. The Balaban J connectivity index is 2.24. The summed E-state index contributed by atoms with van der Waals surface area (Å²) < 4.78 is 0. The van der Waals surface area contributed by atoms with E-state index in [0.29, 0.717) is 0 Å². The van der Waals surface area contributed by atoms with Crippen LogP contribution >= 0.6 is 11.3 Å². The molecular formula is C13H15NOS. The van der Waals surface area contributed by atoms with Crippen LogP contribution in [0.1, 0.15) is 17.0 Å². The van der Waals surface area contributed by atoms with E-state index >= 15 is 0 Å². The lowest BCUT2D eigenvalue weighted by atomic mass is 10.2. The molecule has 0 spiro atoms. The van der Waals surface area contributed by atoms with Gasteiger partial charge in [0.25, 0.3) is 0 Å². The topological polar surface area (TPSA) is 33.1 Å². The second kappa shape index (κ2) is 5.23. The second-order valence-corrected chi connectivity index (χ2v) is 4.92. The summed E-state index contributed by atoms with van der Waals surface area (Å²) in [4.78, 5) is 5.88. The molecule has 2 aromatic rings. The number of aliphatic hydroxyl groups is 1. The van der Waals surface area contributed by atoms with Crippen molar-refractivity contribution in [1.29, 1.82) is 0 Å². The van der Waals surface area contributed by atoms with E-state index in [2.05, 4.69) is 24.0 Å². The first-order chi connectivity index (χ1) is 7.81. The summed E-state index contributed by atoms with van der Waals surface area (Å²) >= 11 is 1.73. The maximum Gasteiger partial charge on any atom is 0.123 e. The van der Waals surface area contributed by atoms with Gasteiger partial charge in [0.05, 0.1) is 5.69 Å². The molecule has 0 atom stereocenters. The summed E-state index contributed by atoms with van der Waals surface area (Å²) in [5, 5.41) is 9.89. The van der Waals surface area contributed by atoms with Crippen LogP contribution < -0.4 is 0 Å². The van der Waals surface area contributed by atoms with Gasteiger partial charge < -0.3 is 5.11 Å². The standard InChI is InChI=1S/C13H15NOS/c1-10-12(8-5-9-15)14-13(16-10)11-6-3-2-4-7-11/h2-4,6-7,15H,5,8-9H2,1H3. The Kier molecular flexibility index (Phi) is 3.70. The van der Waals surface area contributed by atoms with Crippen molar-refractivity contribution in [2.75, 3.05) is 6.61 Å². The highest BCUT2D eigenvalue weighted by atomic mass is 32.1. The molecule has 0 bridgehead atoms. The van der Waals surface area contributed by atoms with Crippen molar-refractivity contribution in [3.05, 3.63) is 40.9 Å². The molecule has 1 N–H and O–H groups in total. The predicted molar refractivity (Wildman–Crippen MR) is 67.7 cm³/mol. The molecule has 0 saturated carbocycles. The zero-order chi connectivity index (χ0) is 11.4. The van der Waals surface area contributed by atoms with Crippen LogP contribution in [0.2, 0.25) is 0 Å². The molecule has 16 heavy (non-hydrogen) atoms. The average molecular weight is 233 g/mol. The summed E-state index contributed by atoms with van der Waals surface area (Å²) in [6.45, 7) is 2.33. The normalized spacial score (nSPS) is 10.6. The van der Waals surface area contributed by atoms with Crippen molar-refractivity contribution in [3.63, 3.8) is 0 Å². The molecule has 2 nitrogen and oxygen atoms in total. The Morgan fingerprint density at radius 1 is 1.25 bits per heavy atom. The molecular weight excluding hydrogens is 218 g/mol. The zero-order valence-electron chi connectivity index (χ0n) is 9.31. The number of hydrogen-bond donors (Lipinski definition) is 1. The van der Waals surface area contributed by atoms with Gasteiger partial charge in [-0.15, -0.1) is 11.3 Å². The number of rotatable bonds is 4. The fraction of sp³-hybridized carbons (Fsp3) is 0.308. The molecule has 3 heteroatoms. The lowest BCUT2D eigenvalue weighted by Crippen LogP contribution is -1.91. The zero-order valence-corrected chi connectivity index (χ0v) is 10.1. The molecule has 0 saturated heterocycles. The average Bonchev–Trinajstić information content (AvgIpc) is 2.69. The fourth-order valence-corrected chi connectivity index (χ4v) is 2.58. The number of thiazole rings is 1. The third-order valence-electron chi connectivity index (χ3n) is 2.49. The molecule has 0 fully saturated rings. The second-order valence-electron chi connectivity index (χ2n) is 3.72. The van der Waals surface area contributed by atoms with E-state index < -0.39 is 0 Å². The summed E-state index contributed by atoms with van der Waals surface area (Å²) in [6, 6.07) is 10.2. The van der Waals surface area contributed by atoms with Crippen LogP contribution in [0.15, 0.2) is 30.3 Å². The van der Waals surface area contributed by atoms with Crippen molar-refractivity contribution in [2.24, 2.45) is 0 Å². The molecule has 1 aromatic heterocycles. The third-order valence-corrected chi connectivity index (χ3v) is 3.55. The summed E-state index contributed by atoms with van der Waals surface area (Å²) in [7, 11) is 0. The smallest absolute Gasteiger partial charge is 0.123 e. The van der Waals surface area contributed by atoms with Crippen LogP contribution in [0.5, 0.6) is 0 Å². The first kappa shape index (κ1) is 11.3. The van der Waals surface area contributed by atoms with Gasteiger partial charge in [0, 0.05) is 17.0 Å². The molecule has 0 unspecified atom stereocenters. The van der Waals surface area contributed by atoms with Crippen molar-refractivity contribution in [2.45, 2.75) is 19.8 Å². The van der Waals surface area contributed by atoms with Gasteiger partial charge >= 0.3 is 0 Å². The van der Waals surface area contributed by atoms with Crippen molar-refractivity contribution in [3.8, 4) is 10.6 Å². The van der Waals surface area contributed by atoms with Gasteiger partial charge in [0.15, 0.2) is 0 Å². The number of aromatic nitrogens is 1. The Morgan fingerprint density at radius 2 is 2.00 bits per heavy atom. The quantitative estimate of drug-likeness (QED) is 0.880. The minimum absolute atomic E-state index is 0.234. The summed E-state index contributed by atoms with van der Waals surface area (Å²) in [5.41, 5.74) is 2.30. The van der Waals surface area contributed by atoms with Crippen LogP contribution in [0.25, 0.3) is 10.6 Å². The molecule has 0 aliphatic rings. The highest BCUT2D eigenvalue weighted by Gasteiger charge is 2.08. The molecule has 0 radical (unpaired) electrons. The molecule has 0 amide bonds. The number of nitrogens with zero attached hydrogens (tertiary/aromatic N) is 1. The first-order valence-electron chi connectivity index (χ1n) is 5.44. The Labute approximate surface area is 99.6 Å². The molecule has 1 heterocycles. The lowest BCUT2D eigenvalue weighted by Gasteiger charge is -1.95. The molecule has 0 aliphatic carbocycles. The van der Waals surface area contributed by atoms with Gasteiger partial charge in [0.1, 0.15) is 5.01 Å². The highest BCUT2D eigenvalue weighted by molar-refractivity contribution is 7.15. The van der Waals surface area contributed by atoms with E-state index in [-0.39, 0.29) is 6.61 Å². The number of benzene rings is 1. The minimum atomic E-state index is 0.234. The van der Waals surface area contributed by atoms with Crippen LogP contribution in [-0.2, 0) is 6.42 Å². The van der Waals surface area contributed by atoms with Gasteiger partial charge in [-0.2, -0.15) is 0 Å². The van der Waals surface area contributed by atoms with Gasteiger partial charge in [-0.3, -0.25) is 0 Å². The first-order valence-corrected chi connectivity index (χ1v) is 6.25. The van der Waals surface area contributed by atoms with E-state index in [1.165, 1.54) is 10.4 Å². The van der Waals surface area contributed by atoms with E-state index in [4.69, 9.17) is 5.11 Å². The molecule has 84 valence electrons. The van der Waals surface area contributed by atoms with Gasteiger partial charge in [-0.25, -0.2) is 4.98 Å². The number of hydrogen-bond acceptors (Lipinski definition) is 3. The maximum absolute atomic E-state index is 8.82. The van der Waals surface area contributed by atoms with Gasteiger partial charge in [-0.05, 0) is 19.8 Å². The van der Waals surface area contributed by atoms with Gasteiger partial charge in [0.2, 0.25) is 0 Å². The van der Waals surface area contributed by atoms with Crippen molar-refractivity contribution < 1.29 is 5.11 Å². The Bertz CT molecular complexity index is 450. The summed E-state index contributed by atoms with van der Waals surface area (Å²) in [6.07, 6.45) is 1.66. The SMILES string of the molecule is Cc1sc(-c2ccccc2)nc1CCCO. The lowest BCUT2D eigenvalue weighted by molar-refractivity contribution is 0.288. The Hall–Kier alpha value is -1.19. The van der Waals surface area contributed by atoms with Crippen molar-refractivity contribution in [1.82, 2.24) is 4.98 Å². The van der Waals surface area contributed by atoms with E-state index in [9.17, 15) is 0 Å². The van der Waals surface area contributed by atoms with Crippen LogP contribution in [0, 0.1) is 6.92 Å². The maximum atomic E-state index is 8.82. The molecule has 0 aliphatic heterocycles.